The van der Waals surface area contributed by atoms with E-state index in [4.69, 9.17) is 0 Å². The second-order valence-corrected chi connectivity index (χ2v) is 10.9. The predicted molar refractivity (Wildman–Crippen MR) is 166 cm³/mol. The molecule has 0 aliphatic rings. The van der Waals surface area contributed by atoms with E-state index in [1.165, 1.54) is 128 Å². The molecule has 216 valence electrons. The number of nitrogens with zero attached hydrogens (tertiary/aromatic N) is 1. The van der Waals surface area contributed by atoms with Crippen molar-refractivity contribution in [3.8, 4) is 0 Å². The third kappa shape index (κ3) is 15.5. The van der Waals surface area contributed by atoms with Crippen molar-refractivity contribution in [2.24, 2.45) is 0 Å². The van der Waals surface area contributed by atoms with E-state index in [9.17, 15) is 14.5 Å². The summed E-state index contributed by atoms with van der Waals surface area (Å²) in [5, 5.41) is 14.2. The van der Waals surface area contributed by atoms with Gasteiger partial charge in [-0.1, -0.05) is 140 Å². The zero-order valence-electron chi connectivity index (χ0n) is 24.3. The van der Waals surface area contributed by atoms with Crippen molar-refractivity contribution in [1.82, 2.24) is 0 Å². The monoisotopic (exact) mass is 538 g/mol. The molecule has 0 aromatic heterocycles. The van der Waals surface area contributed by atoms with E-state index >= 15 is 0 Å². The smallest absolute Gasteiger partial charge is 0.304 e. The first kappa shape index (κ1) is 32.5. The zero-order chi connectivity index (χ0) is 28.0. The summed E-state index contributed by atoms with van der Waals surface area (Å²) < 4.78 is 13.8. The fourth-order valence-corrected chi connectivity index (χ4v) is 4.94. The van der Waals surface area contributed by atoms with E-state index in [0.29, 0.717) is 5.56 Å². The predicted octanol–water partition coefficient (Wildman–Crippen LogP) is 11.4. The number of anilines is 1. The van der Waals surface area contributed by atoms with Crippen LogP contribution >= 0.6 is 0 Å². The Balaban J connectivity index is 1.41. The fourth-order valence-electron chi connectivity index (χ4n) is 4.94. The Morgan fingerprint density at radius 1 is 0.667 bits per heavy atom. The molecule has 0 unspecified atom stereocenters. The van der Waals surface area contributed by atoms with Gasteiger partial charge in [0.2, 0.25) is 5.82 Å². The molecule has 0 atom stereocenters. The van der Waals surface area contributed by atoms with Crippen LogP contribution in [0.15, 0.2) is 42.5 Å². The molecule has 0 saturated carbocycles. The lowest BCUT2D eigenvalue weighted by atomic mass is 10.0. The Morgan fingerprint density at radius 2 is 1.10 bits per heavy atom. The zero-order valence-corrected chi connectivity index (χ0v) is 24.3. The van der Waals surface area contributed by atoms with Crippen molar-refractivity contribution in [1.29, 1.82) is 0 Å². The van der Waals surface area contributed by atoms with Gasteiger partial charge in [0, 0.05) is 18.3 Å². The molecule has 0 radical (unpaired) electrons. The molecule has 1 N–H and O–H groups in total. The van der Waals surface area contributed by atoms with E-state index < -0.39 is 16.4 Å². The minimum Gasteiger partial charge on any atom is -0.385 e. The third-order valence-corrected chi connectivity index (χ3v) is 7.41. The molecule has 0 aliphatic heterocycles. The summed E-state index contributed by atoms with van der Waals surface area (Å²) in [5.41, 5.74) is 2.18. The SMILES string of the molecule is CCCCCCCCCCCCCCCCCCCCNc1ccc(C=Cc2ccc([N+](=O)[O-])c(F)c2)cc1. The molecule has 0 fully saturated rings. The van der Waals surface area contributed by atoms with E-state index in [1.807, 2.05) is 30.3 Å². The van der Waals surface area contributed by atoms with Crippen LogP contribution in [0.25, 0.3) is 12.2 Å². The van der Waals surface area contributed by atoms with Crippen molar-refractivity contribution >= 4 is 23.5 Å². The van der Waals surface area contributed by atoms with Crippen LogP contribution in [0, 0.1) is 15.9 Å². The van der Waals surface area contributed by atoms with E-state index in [1.54, 1.807) is 12.1 Å². The largest absolute Gasteiger partial charge is 0.385 e. The summed E-state index contributed by atoms with van der Waals surface area (Å²) in [7, 11) is 0. The topological polar surface area (TPSA) is 55.2 Å². The number of benzene rings is 2. The van der Waals surface area contributed by atoms with Gasteiger partial charge in [0.05, 0.1) is 4.92 Å². The summed E-state index contributed by atoms with van der Waals surface area (Å²) in [5.74, 6) is -0.818. The van der Waals surface area contributed by atoms with Gasteiger partial charge in [-0.3, -0.25) is 10.1 Å². The van der Waals surface area contributed by atoms with Gasteiger partial charge >= 0.3 is 5.69 Å². The van der Waals surface area contributed by atoms with Gasteiger partial charge in [0.1, 0.15) is 0 Å². The summed E-state index contributed by atoms with van der Waals surface area (Å²) in [6.07, 6.45) is 28.7. The van der Waals surface area contributed by atoms with Gasteiger partial charge in [0.25, 0.3) is 0 Å². The number of unbranched alkanes of at least 4 members (excludes halogenated alkanes) is 17. The van der Waals surface area contributed by atoms with Crippen LogP contribution in [0.4, 0.5) is 15.8 Å². The van der Waals surface area contributed by atoms with Crippen LogP contribution in [0.1, 0.15) is 134 Å². The maximum Gasteiger partial charge on any atom is 0.304 e. The molecule has 39 heavy (non-hydrogen) atoms. The number of hydrogen-bond acceptors (Lipinski definition) is 3. The van der Waals surface area contributed by atoms with Crippen LogP contribution in [-0.2, 0) is 0 Å². The van der Waals surface area contributed by atoms with Gasteiger partial charge in [-0.05, 0) is 41.8 Å². The number of hydrogen-bond donors (Lipinski definition) is 1. The second kappa shape index (κ2) is 21.2. The Bertz CT molecular complexity index is 943. The van der Waals surface area contributed by atoms with Crippen molar-refractivity contribution in [2.45, 2.75) is 122 Å². The van der Waals surface area contributed by atoms with Crippen molar-refractivity contribution in [3.05, 3.63) is 69.5 Å². The number of rotatable bonds is 23. The highest BCUT2D eigenvalue weighted by molar-refractivity contribution is 5.71. The summed E-state index contributed by atoms with van der Waals surface area (Å²) in [4.78, 5) is 10.0. The number of nitrogens with one attached hydrogen (secondary N) is 1. The Labute approximate surface area is 236 Å². The Kier molecular flexibility index (Phi) is 17.7. The lowest BCUT2D eigenvalue weighted by molar-refractivity contribution is -0.387. The highest BCUT2D eigenvalue weighted by Gasteiger charge is 2.12. The van der Waals surface area contributed by atoms with E-state index in [2.05, 4.69) is 12.2 Å². The van der Waals surface area contributed by atoms with Crippen LogP contribution in [0.2, 0.25) is 0 Å². The summed E-state index contributed by atoms with van der Waals surface area (Å²) in [6.45, 7) is 3.27. The molecule has 0 spiro atoms. The molecule has 2 aromatic rings. The van der Waals surface area contributed by atoms with Gasteiger partial charge in [0.15, 0.2) is 0 Å². The first-order valence-electron chi connectivity index (χ1n) is 15.6. The van der Waals surface area contributed by atoms with Crippen molar-refractivity contribution in [2.75, 3.05) is 11.9 Å². The summed E-state index contributed by atoms with van der Waals surface area (Å²) in [6, 6.07) is 12.0. The molecule has 0 bridgehead atoms. The number of nitro groups is 1. The Hall–Kier alpha value is -2.69. The molecule has 0 aliphatic carbocycles. The highest BCUT2D eigenvalue weighted by Crippen LogP contribution is 2.20. The van der Waals surface area contributed by atoms with E-state index in [-0.39, 0.29) is 0 Å². The van der Waals surface area contributed by atoms with Gasteiger partial charge < -0.3 is 5.32 Å². The average Bonchev–Trinajstić information content (AvgIpc) is 2.93. The van der Waals surface area contributed by atoms with Crippen molar-refractivity contribution in [3.63, 3.8) is 0 Å². The molecular formula is C34H51FN2O2. The van der Waals surface area contributed by atoms with Crippen LogP contribution in [-0.4, -0.2) is 11.5 Å². The van der Waals surface area contributed by atoms with Crippen LogP contribution < -0.4 is 5.32 Å². The highest BCUT2D eigenvalue weighted by atomic mass is 19.1. The second-order valence-electron chi connectivity index (χ2n) is 10.9. The minimum absolute atomic E-state index is 0.502. The van der Waals surface area contributed by atoms with Gasteiger partial charge in [-0.2, -0.15) is 4.39 Å². The molecular weight excluding hydrogens is 487 g/mol. The molecule has 2 rings (SSSR count). The lowest BCUT2D eigenvalue weighted by Crippen LogP contribution is -2.01. The van der Waals surface area contributed by atoms with Crippen LogP contribution in [0.3, 0.4) is 0 Å². The third-order valence-electron chi connectivity index (χ3n) is 7.41. The lowest BCUT2D eigenvalue weighted by Gasteiger charge is -2.07. The maximum absolute atomic E-state index is 13.8. The molecule has 2 aromatic carbocycles. The molecule has 0 heterocycles. The first-order chi connectivity index (χ1) is 19.1. The quantitative estimate of drug-likeness (QED) is 0.0662. The summed E-state index contributed by atoms with van der Waals surface area (Å²) >= 11 is 0. The molecule has 0 saturated heterocycles. The molecule has 4 nitrogen and oxygen atoms in total. The van der Waals surface area contributed by atoms with Crippen LogP contribution in [0.5, 0.6) is 0 Å². The minimum atomic E-state index is -0.818. The van der Waals surface area contributed by atoms with Gasteiger partial charge in [-0.15, -0.1) is 0 Å². The maximum atomic E-state index is 13.8. The van der Waals surface area contributed by atoms with Gasteiger partial charge in [-0.25, -0.2) is 0 Å². The standard InChI is InChI=1S/C34H51FN2O2/c1-2-3-4-5-6-7-8-9-10-11-12-13-14-15-16-17-18-19-28-36-32-25-22-30(23-26-32)20-21-31-24-27-34(37(38)39)33(35)29-31/h20-27,29,36H,2-19,28H2,1H3. The Morgan fingerprint density at radius 3 is 1.56 bits per heavy atom. The normalized spacial score (nSPS) is 11.3. The fraction of sp³-hybridized carbons (Fsp3) is 0.588. The number of nitro benzene ring substituents is 1. The molecule has 0 amide bonds. The number of halogens is 1. The van der Waals surface area contributed by atoms with E-state index in [0.717, 1.165) is 17.8 Å². The molecule has 5 heteroatoms. The average molecular weight is 539 g/mol. The van der Waals surface area contributed by atoms with Crippen molar-refractivity contribution < 1.29 is 9.31 Å². The first-order valence-corrected chi connectivity index (χ1v) is 15.6.